The number of amides is 1. The normalized spacial score (nSPS) is 16.1. The number of anilines is 1. The highest BCUT2D eigenvalue weighted by atomic mass is 19.1. The third-order valence-electron chi connectivity index (χ3n) is 5.65. The van der Waals surface area contributed by atoms with E-state index in [1.165, 1.54) is 15.4 Å². The van der Waals surface area contributed by atoms with E-state index in [1.807, 2.05) is 6.07 Å². The predicted molar refractivity (Wildman–Crippen MR) is 117 cm³/mol. The number of unbranched alkanes of at least 4 members (excludes halogenated alkanes) is 1. The van der Waals surface area contributed by atoms with E-state index in [1.54, 1.807) is 30.5 Å². The van der Waals surface area contributed by atoms with Crippen molar-refractivity contribution in [1.82, 2.24) is 14.3 Å². The highest BCUT2D eigenvalue weighted by Crippen LogP contribution is 2.27. The molecular weight excluding hydrogens is 399 g/mol. The summed E-state index contributed by atoms with van der Waals surface area (Å²) >= 11 is 0. The van der Waals surface area contributed by atoms with Crippen molar-refractivity contribution in [3.63, 3.8) is 0 Å². The van der Waals surface area contributed by atoms with Gasteiger partial charge in [-0.05, 0) is 49.1 Å². The fraction of sp³-hybridized carbons (Fsp3) is 0.348. The Morgan fingerprint density at radius 1 is 1.32 bits per heavy atom. The van der Waals surface area contributed by atoms with Crippen molar-refractivity contribution in [2.45, 2.75) is 38.6 Å². The minimum atomic E-state index is -0.969. The van der Waals surface area contributed by atoms with Crippen LogP contribution < -0.4 is 10.9 Å². The Morgan fingerprint density at radius 3 is 2.87 bits per heavy atom. The van der Waals surface area contributed by atoms with Gasteiger partial charge < -0.3 is 15.3 Å². The van der Waals surface area contributed by atoms with Crippen molar-refractivity contribution in [3.05, 3.63) is 64.5 Å². The van der Waals surface area contributed by atoms with Crippen LogP contribution in [0.5, 0.6) is 0 Å². The summed E-state index contributed by atoms with van der Waals surface area (Å²) in [7, 11) is 0. The Morgan fingerprint density at radius 2 is 2.16 bits per heavy atom. The maximum absolute atomic E-state index is 15.0. The zero-order valence-corrected chi connectivity index (χ0v) is 17.3. The summed E-state index contributed by atoms with van der Waals surface area (Å²) in [6.45, 7) is 2.81. The van der Waals surface area contributed by atoms with Gasteiger partial charge in [-0.15, -0.1) is 0 Å². The number of hydrogen-bond donors (Lipinski definition) is 2. The summed E-state index contributed by atoms with van der Waals surface area (Å²) in [5.74, 6) is -0.481. The first-order valence-corrected chi connectivity index (χ1v) is 10.5. The zero-order chi connectivity index (χ0) is 22.0. The van der Waals surface area contributed by atoms with Gasteiger partial charge in [0.05, 0.1) is 16.9 Å². The minimum absolute atomic E-state index is 0.149. The first-order chi connectivity index (χ1) is 15.0. The first-order valence-electron chi connectivity index (χ1n) is 10.5. The summed E-state index contributed by atoms with van der Waals surface area (Å²) in [5.41, 5.74) is 2.23. The number of halogens is 1. The van der Waals surface area contributed by atoms with E-state index in [2.05, 4.69) is 17.2 Å². The topological polar surface area (TPSA) is 86.9 Å². The van der Waals surface area contributed by atoms with Crippen LogP contribution in [0.4, 0.5) is 14.9 Å². The lowest BCUT2D eigenvalue weighted by Crippen LogP contribution is -2.30. The van der Waals surface area contributed by atoms with Crippen molar-refractivity contribution in [2.75, 3.05) is 18.4 Å². The van der Waals surface area contributed by atoms with Gasteiger partial charge in [-0.1, -0.05) is 25.5 Å². The number of fused-ring (bicyclic) bond motifs is 1. The largest absolute Gasteiger partial charge is 0.465 e. The van der Waals surface area contributed by atoms with Crippen molar-refractivity contribution < 1.29 is 14.3 Å². The quantitative estimate of drug-likeness (QED) is 0.624. The van der Waals surface area contributed by atoms with E-state index in [0.29, 0.717) is 54.1 Å². The second kappa shape index (κ2) is 8.75. The number of carbonyl (C=O) groups is 1. The molecule has 2 N–H and O–H groups in total. The lowest BCUT2D eigenvalue weighted by molar-refractivity contribution is 0.155. The highest BCUT2D eigenvalue weighted by Gasteiger charge is 2.26. The number of aryl methyl sites for hydroxylation is 1. The Bertz CT molecular complexity index is 1180. The summed E-state index contributed by atoms with van der Waals surface area (Å²) in [5, 5.41) is 12.2. The van der Waals surface area contributed by atoms with Crippen LogP contribution in [0, 0.1) is 5.82 Å². The molecule has 0 radical (unpaired) electrons. The maximum Gasteiger partial charge on any atom is 0.407 e. The molecule has 1 aliphatic heterocycles. The molecule has 0 saturated carbocycles. The second-order valence-electron chi connectivity index (χ2n) is 7.82. The summed E-state index contributed by atoms with van der Waals surface area (Å²) < 4.78 is 16.4. The van der Waals surface area contributed by atoms with Crippen LogP contribution in [0.2, 0.25) is 0 Å². The molecule has 3 heterocycles. The van der Waals surface area contributed by atoms with Gasteiger partial charge in [0.25, 0.3) is 5.56 Å². The fourth-order valence-electron chi connectivity index (χ4n) is 4.01. The van der Waals surface area contributed by atoms with Gasteiger partial charge >= 0.3 is 6.09 Å². The van der Waals surface area contributed by atoms with Crippen LogP contribution in [0.3, 0.4) is 0 Å². The van der Waals surface area contributed by atoms with Crippen LogP contribution in [0.1, 0.15) is 31.9 Å². The summed E-state index contributed by atoms with van der Waals surface area (Å²) in [6.07, 6.45) is 3.79. The van der Waals surface area contributed by atoms with E-state index >= 15 is 0 Å². The third kappa shape index (κ3) is 4.23. The Balaban J connectivity index is 1.68. The summed E-state index contributed by atoms with van der Waals surface area (Å²) in [4.78, 5) is 30.3. The zero-order valence-electron chi connectivity index (χ0n) is 17.3. The Kier molecular flexibility index (Phi) is 5.88. The molecule has 4 rings (SSSR count). The molecule has 31 heavy (non-hydrogen) atoms. The van der Waals surface area contributed by atoms with Crippen molar-refractivity contribution in [1.29, 1.82) is 0 Å². The monoisotopic (exact) mass is 424 g/mol. The SMILES string of the molecule is CCCCc1nc2ccccn2c(=O)c1-c1ccc(NC2CCN(C(=O)O)C2)c(F)c1. The van der Waals surface area contributed by atoms with Crippen LogP contribution in [-0.4, -0.2) is 44.6 Å². The van der Waals surface area contributed by atoms with Gasteiger partial charge in [0, 0.05) is 25.3 Å². The third-order valence-corrected chi connectivity index (χ3v) is 5.65. The molecule has 162 valence electrons. The average molecular weight is 424 g/mol. The molecule has 7 nitrogen and oxygen atoms in total. The molecule has 8 heteroatoms. The molecule has 0 spiro atoms. The van der Waals surface area contributed by atoms with Crippen LogP contribution in [-0.2, 0) is 6.42 Å². The van der Waals surface area contributed by atoms with E-state index in [4.69, 9.17) is 5.11 Å². The van der Waals surface area contributed by atoms with Gasteiger partial charge in [0.15, 0.2) is 0 Å². The molecule has 1 aromatic carbocycles. The standard InChI is InChI=1S/C23H25FN4O3/c1-2-3-6-19-21(22(29)28-11-5-4-7-20(28)26-19)15-8-9-18(17(24)13-15)25-16-10-12-27(14-16)23(30)31/h4-5,7-9,11,13,16,25H,2-3,6,10,12,14H2,1H3,(H,30,31). The Hall–Kier alpha value is -3.42. The Labute approximate surface area is 179 Å². The van der Waals surface area contributed by atoms with Gasteiger partial charge in [0.2, 0.25) is 0 Å². The number of likely N-dealkylation sites (tertiary alicyclic amines) is 1. The molecule has 0 bridgehead atoms. The molecule has 1 atom stereocenters. The van der Waals surface area contributed by atoms with Gasteiger partial charge in [-0.2, -0.15) is 0 Å². The van der Waals surface area contributed by atoms with E-state index in [9.17, 15) is 14.0 Å². The number of hydrogen-bond acceptors (Lipinski definition) is 4. The van der Waals surface area contributed by atoms with E-state index in [0.717, 1.165) is 12.8 Å². The minimum Gasteiger partial charge on any atom is -0.465 e. The van der Waals surface area contributed by atoms with Crippen molar-refractivity contribution >= 4 is 17.4 Å². The number of benzene rings is 1. The fourth-order valence-corrected chi connectivity index (χ4v) is 4.01. The lowest BCUT2D eigenvalue weighted by Gasteiger charge is -2.16. The molecule has 1 amide bonds. The average Bonchev–Trinajstić information content (AvgIpc) is 3.23. The lowest BCUT2D eigenvalue weighted by atomic mass is 10.0. The van der Waals surface area contributed by atoms with Gasteiger partial charge in [-0.25, -0.2) is 14.2 Å². The number of nitrogens with zero attached hydrogens (tertiary/aromatic N) is 3. The molecule has 1 unspecified atom stereocenters. The molecule has 1 fully saturated rings. The predicted octanol–water partition coefficient (Wildman–Crippen LogP) is 4.01. The molecule has 2 aromatic heterocycles. The van der Waals surface area contributed by atoms with E-state index in [-0.39, 0.29) is 11.6 Å². The van der Waals surface area contributed by atoms with Crippen molar-refractivity contribution in [3.8, 4) is 11.1 Å². The number of carboxylic acid groups (broad SMARTS) is 1. The van der Waals surface area contributed by atoms with E-state index < -0.39 is 11.9 Å². The van der Waals surface area contributed by atoms with Gasteiger partial charge in [-0.3, -0.25) is 9.20 Å². The molecular formula is C23H25FN4O3. The van der Waals surface area contributed by atoms with Crippen LogP contribution in [0.15, 0.2) is 47.4 Å². The second-order valence-corrected chi connectivity index (χ2v) is 7.82. The number of rotatable bonds is 6. The van der Waals surface area contributed by atoms with Gasteiger partial charge in [0.1, 0.15) is 11.5 Å². The highest BCUT2D eigenvalue weighted by molar-refractivity contribution is 5.69. The van der Waals surface area contributed by atoms with Crippen LogP contribution >= 0.6 is 0 Å². The van der Waals surface area contributed by atoms with Crippen molar-refractivity contribution in [2.24, 2.45) is 0 Å². The smallest absolute Gasteiger partial charge is 0.407 e. The number of nitrogens with one attached hydrogen (secondary N) is 1. The molecule has 3 aromatic rings. The maximum atomic E-state index is 15.0. The first kappa shape index (κ1) is 20.8. The number of pyridine rings is 1. The molecule has 1 saturated heterocycles. The molecule has 0 aliphatic carbocycles. The summed E-state index contributed by atoms with van der Waals surface area (Å²) in [6, 6.07) is 9.92. The molecule has 1 aliphatic rings. The van der Waals surface area contributed by atoms with Crippen LogP contribution in [0.25, 0.3) is 16.8 Å². The number of aromatic nitrogens is 2.